The van der Waals surface area contributed by atoms with Crippen molar-refractivity contribution in [2.45, 2.75) is 32.4 Å². The van der Waals surface area contributed by atoms with Gasteiger partial charge < -0.3 is 15.8 Å². The first-order valence-electron chi connectivity index (χ1n) is 5.74. The van der Waals surface area contributed by atoms with Crippen LogP contribution in [-0.2, 0) is 4.79 Å². The van der Waals surface area contributed by atoms with Crippen LogP contribution in [0.2, 0.25) is 0 Å². The number of benzene rings is 1. The number of carbonyl (C=O) groups is 2. The molecule has 0 bridgehead atoms. The number of nitrogens with two attached hydrogens (primary N) is 1. The Kier molecular flexibility index (Phi) is 2.86. The van der Waals surface area contributed by atoms with Crippen molar-refractivity contribution in [3.8, 4) is 5.75 Å². The number of carbonyl (C=O) groups excluding carboxylic acids is 2. The molecular formula is C13H16N2O3. The predicted octanol–water partition coefficient (Wildman–Crippen LogP) is 1.33. The van der Waals surface area contributed by atoms with Gasteiger partial charge in [0, 0.05) is 5.56 Å². The zero-order chi connectivity index (χ0) is 13.5. The average molecular weight is 248 g/mol. The summed E-state index contributed by atoms with van der Waals surface area (Å²) in [6, 6.07) is 4.92. The van der Waals surface area contributed by atoms with Gasteiger partial charge in [-0.15, -0.1) is 0 Å². The normalized spacial score (nSPS) is 18.7. The van der Waals surface area contributed by atoms with E-state index in [1.54, 1.807) is 39.0 Å². The molecule has 5 nitrogen and oxygen atoms in total. The van der Waals surface area contributed by atoms with Crippen LogP contribution in [-0.4, -0.2) is 23.3 Å². The molecule has 0 fully saturated rings. The second kappa shape index (κ2) is 4.10. The van der Waals surface area contributed by atoms with Crippen LogP contribution in [0.4, 0.5) is 5.69 Å². The zero-order valence-corrected chi connectivity index (χ0v) is 10.6. The molecule has 2 rings (SSSR count). The van der Waals surface area contributed by atoms with E-state index in [0.717, 1.165) is 0 Å². The first kappa shape index (κ1) is 12.6. The second-order valence-corrected chi connectivity index (χ2v) is 5.01. The lowest BCUT2D eigenvalue weighted by atomic mass is 9.94. The number of hydrogen-bond acceptors (Lipinski definition) is 4. The molecule has 3 N–H and O–H groups in total. The summed E-state index contributed by atoms with van der Waals surface area (Å²) >= 11 is 0. The number of hydrogen-bond donors (Lipinski definition) is 2. The van der Waals surface area contributed by atoms with E-state index in [-0.39, 0.29) is 11.7 Å². The van der Waals surface area contributed by atoms with Crippen LogP contribution in [0.25, 0.3) is 0 Å². The van der Waals surface area contributed by atoms with Crippen LogP contribution in [0.15, 0.2) is 18.2 Å². The van der Waals surface area contributed by atoms with Gasteiger partial charge in [-0.05, 0) is 39.0 Å². The molecule has 1 aromatic carbocycles. The molecule has 1 unspecified atom stereocenters. The minimum absolute atomic E-state index is 0.182. The van der Waals surface area contributed by atoms with Crippen molar-refractivity contribution in [3.05, 3.63) is 23.8 Å². The standard InChI is InChI=1S/C13H16N2O3/c1-7-12(17)15-9-6-8(4-5-10(9)18-7)11(16)13(2,3)14/h4-7H,14H2,1-3H3,(H,15,17). The summed E-state index contributed by atoms with van der Waals surface area (Å²) in [4.78, 5) is 23.5. The van der Waals surface area contributed by atoms with Crippen LogP contribution in [0.1, 0.15) is 31.1 Å². The molecule has 1 aliphatic rings. The molecule has 18 heavy (non-hydrogen) atoms. The molecule has 1 amide bonds. The maximum atomic E-state index is 12.0. The summed E-state index contributed by atoms with van der Waals surface area (Å²) in [6.45, 7) is 4.96. The van der Waals surface area contributed by atoms with E-state index < -0.39 is 11.6 Å². The largest absolute Gasteiger partial charge is 0.479 e. The molecule has 1 aromatic rings. The minimum Gasteiger partial charge on any atom is -0.479 e. The second-order valence-electron chi connectivity index (χ2n) is 5.01. The third-order valence-electron chi connectivity index (χ3n) is 2.76. The molecule has 1 atom stereocenters. The maximum absolute atomic E-state index is 12.0. The third-order valence-corrected chi connectivity index (χ3v) is 2.76. The van der Waals surface area contributed by atoms with Crippen LogP contribution in [0.5, 0.6) is 5.75 Å². The Morgan fingerprint density at radius 2 is 2.11 bits per heavy atom. The fourth-order valence-corrected chi connectivity index (χ4v) is 1.72. The molecule has 5 heteroatoms. The van der Waals surface area contributed by atoms with Crippen molar-refractivity contribution in [3.63, 3.8) is 0 Å². The Morgan fingerprint density at radius 1 is 1.44 bits per heavy atom. The van der Waals surface area contributed by atoms with Crippen molar-refractivity contribution >= 4 is 17.4 Å². The smallest absolute Gasteiger partial charge is 0.265 e. The van der Waals surface area contributed by atoms with Gasteiger partial charge in [0.25, 0.3) is 5.91 Å². The number of Topliss-reactive ketones (excluding diaryl/α,β-unsaturated/α-hetero) is 1. The molecule has 96 valence electrons. The maximum Gasteiger partial charge on any atom is 0.265 e. The van der Waals surface area contributed by atoms with Gasteiger partial charge in [-0.3, -0.25) is 9.59 Å². The first-order valence-corrected chi connectivity index (χ1v) is 5.74. The number of ether oxygens (including phenoxy) is 1. The zero-order valence-electron chi connectivity index (χ0n) is 10.6. The molecular weight excluding hydrogens is 232 g/mol. The van der Waals surface area contributed by atoms with E-state index in [4.69, 9.17) is 10.5 Å². The Labute approximate surface area is 105 Å². The molecule has 0 aromatic heterocycles. The summed E-state index contributed by atoms with van der Waals surface area (Å²) in [6.07, 6.45) is -0.523. The minimum atomic E-state index is -0.943. The molecule has 0 saturated carbocycles. The lowest BCUT2D eigenvalue weighted by Crippen LogP contribution is -2.41. The summed E-state index contributed by atoms with van der Waals surface area (Å²) < 4.78 is 5.41. The first-order chi connectivity index (χ1) is 8.29. The van der Waals surface area contributed by atoms with Gasteiger partial charge in [-0.1, -0.05) is 0 Å². The van der Waals surface area contributed by atoms with Gasteiger partial charge in [0.15, 0.2) is 11.9 Å². The lowest BCUT2D eigenvalue weighted by molar-refractivity contribution is -0.122. The van der Waals surface area contributed by atoms with E-state index in [2.05, 4.69) is 5.32 Å². The van der Waals surface area contributed by atoms with Crippen LogP contribution in [0.3, 0.4) is 0 Å². The molecule has 0 saturated heterocycles. The summed E-state index contributed by atoms with van der Waals surface area (Å²) in [5.41, 5.74) is 5.79. The SMILES string of the molecule is CC1Oc2ccc(C(=O)C(C)(C)N)cc2NC1=O. The Hall–Kier alpha value is -1.88. The topological polar surface area (TPSA) is 81.4 Å². The van der Waals surface area contributed by atoms with Gasteiger partial charge in [-0.2, -0.15) is 0 Å². The quantitative estimate of drug-likeness (QED) is 0.773. The van der Waals surface area contributed by atoms with Gasteiger partial charge in [0.1, 0.15) is 5.75 Å². The lowest BCUT2D eigenvalue weighted by Gasteiger charge is -2.24. The molecule has 0 aliphatic carbocycles. The average Bonchev–Trinajstić information content (AvgIpc) is 2.28. The monoisotopic (exact) mass is 248 g/mol. The molecule has 0 radical (unpaired) electrons. The molecule has 0 spiro atoms. The van der Waals surface area contributed by atoms with Gasteiger partial charge in [-0.25, -0.2) is 0 Å². The highest BCUT2D eigenvalue weighted by molar-refractivity contribution is 6.05. The number of fused-ring (bicyclic) bond motifs is 1. The fraction of sp³-hybridized carbons (Fsp3) is 0.385. The number of rotatable bonds is 2. The highest BCUT2D eigenvalue weighted by Gasteiger charge is 2.27. The van der Waals surface area contributed by atoms with Gasteiger partial charge in [0.05, 0.1) is 11.2 Å². The van der Waals surface area contributed by atoms with Crippen molar-refractivity contribution in [2.24, 2.45) is 5.73 Å². The Balaban J connectivity index is 2.37. The van der Waals surface area contributed by atoms with Gasteiger partial charge in [0.2, 0.25) is 0 Å². The van der Waals surface area contributed by atoms with Crippen molar-refractivity contribution in [1.82, 2.24) is 0 Å². The van der Waals surface area contributed by atoms with E-state index in [1.165, 1.54) is 0 Å². The fourth-order valence-electron chi connectivity index (χ4n) is 1.72. The highest BCUT2D eigenvalue weighted by Crippen LogP contribution is 2.31. The van der Waals surface area contributed by atoms with Crippen LogP contribution >= 0.6 is 0 Å². The van der Waals surface area contributed by atoms with E-state index in [1.807, 2.05) is 0 Å². The number of nitrogens with one attached hydrogen (secondary N) is 1. The molecule has 1 aliphatic heterocycles. The summed E-state index contributed by atoms with van der Waals surface area (Å²) in [5.74, 6) is 0.158. The Morgan fingerprint density at radius 3 is 2.72 bits per heavy atom. The highest BCUT2D eigenvalue weighted by atomic mass is 16.5. The predicted molar refractivity (Wildman–Crippen MR) is 67.8 cm³/mol. The Bertz CT molecular complexity index is 517. The van der Waals surface area contributed by atoms with Crippen molar-refractivity contribution in [2.75, 3.05) is 5.32 Å². The number of anilines is 1. The van der Waals surface area contributed by atoms with E-state index in [0.29, 0.717) is 17.0 Å². The van der Waals surface area contributed by atoms with E-state index >= 15 is 0 Å². The van der Waals surface area contributed by atoms with Crippen molar-refractivity contribution < 1.29 is 14.3 Å². The third kappa shape index (κ3) is 2.22. The van der Waals surface area contributed by atoms with Gasteiger partial charge >= 0.3 is 0 Å². The van der Waals surface area contributed by atoms with E-state index in [9.17, 15) is 9.59 Å². The van der Waals surface area contributed by atoms with Crippen LogP contribution < -0.4 is 15.8 Å². The molecule has 1 heterocycles. The number of amides is 1. The summed E-state index contributed by atoms with van der Waals surface area (Å²) in [5, 5.41) is 2.70. The summed E-state index contributed by atoms with van der Waals surface area (Å²) in [7, 11) is 0. The van der Waals surface area contributed by atoms with Crippen molar-refractivity contribution in [1.29, 1.82) is 0 Å². The van der Waals surface area contributed by atoms with Crippen LogP contribution in [0, 0.1) is 0 Å². The number of ketones is 1.